The molecule has 0 saturated heterocycles. The van der Waals surface area contributed by atoms with Crippen molar-refractivity contribution in [3.05, 3.63) is 34.9 Å². The second-order valence-corrected chi connectivity index (χ2v) is 6.36. The van der Waals surface area contributed by atoms with Gasteiger partial charge in [-0.3, -0.25) is 0 Å². The first kappa shape index (κ1) is 14.9. The average Bonchev–Trinajstić information content (AvgIpc) is 2.35. The molecule has 1 atom stereocenters. The standard InChI is InChI=1S/C17H26ClN/c1-3-4-5-8-13(2)19-15-11-14(12-15)16-9-6-7-10-17(16)18/h6-7,9-10,13-15,19H,3-5,8,11-12H2,1-2H3. The lowest BCUT2D eigenvalue weighted by Crippen LogP contribution is -2.44. The van der Waals surface area contributed by atoms with Crippen molar-refractivity contribution in [1.29, 1.82) is 0 Å². The highest BCUT2D eigenvalue weighted by atomic mass is 35.5. The van der Waals surface area contributed by atoms with Crippen molar-refractivity contribution in [3.8, 4) is 0 Å². The van der Waals surface area contributed by atoms with Crippen molar-refractivity contribution in [2.75, 3.05) is 0 Å². The average molecular weight is 280 g/mol. The number of nitrogens with one attached hydrogen (secondary N) is 1. The molecule has 0 heterocycles. The fourth-order valence-corrected chi connectivity index (χ4v) is 3.29. The summed E-state index contributed by atoms with van der Waals surface area (Å²) in [4.78, 5) is 0. The Bertz CT molecular complexity index is 385. The Labute approximate surface area is 122 Å². The van der Waals surface area contributed by atoms with Crippen molar-refractivity contribution in [3.63, 3.8) is 0 Å². The third-order valence-electron chi connectivity index (χ3n) is 4.24. The van der Waals surface area contributed by atoms with Crippen LogP contribution in [0.15, 0.2) is 24.3 Å². The van der Waals surface area contributed by atoms with Gasteiger partial charge in [0.1, 0.15) is 0 Å². The van der Waals surface area contributed by atoms with Gasteiger partial charge in [-0.05, 0) is 43.7 Å². The van der Waals surface area contributed by atoms with Crippen molar-refractivity contribution in [2.24, 2.45) is 0 Å². The molecule has 2 heteroatoms. The number of halogens is 1. The molecule has 19 heavy (non-hydrogen) atoms. The summed E-state index contributed by atoms with van der Waals surface area (Å²) in [5.41, 5.74) is 1.33. The van der Waals surface area contributed by atoms with E-state index >= 15 is 0 Å². The van der Waals surface area contributed by atoms with Gasteiger partial charge in [-0.25, -0.2) is 0 Å². The lowest BCUT2D eigenvalue weighted by atomic mass is 9.75. The Morgan fingerprint density at radius 2 is 2.00 bits per heavy atom. The lowest BCUT2D eigenvalue weighted by Gasteiger charge is -2.38. The van der Waals surface area contributed by atoms with Gasteiger partial charge >= 0.3 is 0 Å². The smallest absolute Gasteiger partial charge is 0.0440 e. The SMILES string of the molecule is CCCCCC(C)NC1CC(c2ccccc2Cl)C1. The van der Waals surface area contributed by atoms with Crippen LogP contribution in [0.1, 0.15) is 63.9 Å². The van der Waals surface area contributed by atoms with E-state index in [-0.39, 0.29) is 0 Å². The topological polar surface area (TPSA) is 12.0 Å². The van der Waals surface area contributed by atoms with Crippen molar-refractivity contribution >= 4 is 11.6 Å². The van der Waals surface area contributed by atoms with E-state index in [4.69, 9.17) is 11.6 Å². The van der Waals surface area contributed by atoms with Gasteiger partial charge in [0.15, 0.2) is 0 Å². The number of hydrogen-bond donors (Lipinski definition) is 1. The van der Waals surface area contributed by atoms with Crippen molar-refractivity contribution in [2.45, 2.75) is 70.4 Å². The van der Waals surface area contributed by atoms with Gasteiger partial charge < -0.3 is 5.32 Å². The number of hydrogen-bond acceptors (Lipinski definition) is 1. The molecule has 0 amide bonds. The first-order valence-electron chi connectivity index (χ1n) is 7.71. The zero-order chi connectivity index (χ0) is 13.7. The summed E-state index contributed by atoms with van der Waals surface area (Å²) >= 11 is 6.25. The molecule has 1 fully saturated rings. The molecule has 106 valence electrons. The van der Waals surface area contributed by atoms with Gasteiger partial charge in [0.25, 0.3) is 0 Å². The van der Waals surface area contributed by atoms with Gasteiger partial charge in [-0.2, -0.15) is 0 Å². The van der Waals surface area contributed by atoms with Crippen LogP contribution < -0.4 is 5.32 Å². The maximum absolute atomic E-state index is 6.25. The fraction of sp³-hybridized carbons (Fsp3) is 0.647. The molecule has 1 aliphatic rings. The van der Waals surface area contributed by atoms with Gasteiger partial charge in [0.2, 0.25) is 0 Å². The maximum atomic E-state index is 6.25. The van der Waals surface area contributed by atoms with E-state index in [0.29, 0.717) is 18.0 Å². The molecule has 1 unspecified atom stereocenters. The molecule has 1 aromatic carbocycles. The molecule has 2 rings (SSSR count). The summed E-state index contributed by atoms with van der Waals surface area (Å²) in [5.74, 6) is 0.661. The third kappa shape index (κ3) is 4.22. The van der Waals surface area contributed by atoms with E-state index in [1.165, 1.54) is 44.1 Å². The van der Waals surface area contributed by atoms with Crippen LogP contribution in [0.3, 0.4) is 0 Å². The largest absolute Gasteiger partial charge is 0.311 e. The highest BCUT2D eigenvalue weighted by Crippen LogP contribution is 2.40. The molecule has 1 aromatic rings. The predicted molar refractivity (Wildman–Crippen MR) is 84.0 cm³/mol. The molecule has 0 bridgehead atoms. The third-order valence-corrected chi connectivity index (χ3v) is 4.59. The Morgan fingerprint density at radius 3 is 2.68 bits per heavy atom. The second kappa shape index (κ2) is 7.31. The molecule has 1 saturated carbocycles. The van der Waals surface area contributed by atoms with Crippen LogP contribution in [-0.4, -0.2) is 12.1 Å². The molecule has 1 aliphatic carbocycles. The van der Waals surface area contributed by atoms with Crippen LogP contribution in [0.4, 0.5) is 0 Å². The molecule has 0 radical (unpaired) electrons. The van der Waals surface area contributed by atoms with Crippen molar-refractivity contribution < 1.29 is 0 Å². The normalized spacial score (nSPS) is 23.9. The Kier molecular flexibility index (Phi) is 5.72. The predicted octanol–water partition coefficient (Wildman–Crippen LogP) is 5.14. The molecule has 0 aromatic heterocycles. The molecule has 1 N–H and O–H groups in total. The van der Waals surface area contributed by atoms with Crippen LogP contribution in [0, 0.1) is 0 Å². The monoisotopic (exact) mass is 279 g/mol. The van der Waals surface area contributed by atoms with Crippen LogP contribution >= 0.6 is 11.6 Å². The Morgan fingerprint density at radius 1 is 1.26 bits per heavy atom. The van der Waals surface area contributed by atoms with E-state index in [0.717, 1.165) is 5.02 Å². The minimum atomic E-state index is 0.656. The van der Waals surface area contributed by atoms with E-state index in [1.807, 2.05) is 12.1 Å². The summed E-state index contributed by atoms with van der Waals surface area (Å²) < 4.78 is 0. The van der Waals surface area contributed by atoms with Gasteiger partial charge in [0, 0.05) is 17.1 Å². The minimum Gasteiger partial charge on any atom is -0.311 e. The van der Waals surface area contributed by atoms with Crippen LogP contribution in [0.25, 0.3) is 0 Å². The molecule has 1 nitrogen and oxygen atoms in total. The Hall–Kier alpha value is -0.530. The van der Waals surface area contributed by atoms with E-state index in [1.54, 1.807) is 0 Å². The highest BCUT2D eigenvalue weighted by molar-refractivity contribution is 6.31. The summed E-state index contributed by atoms with van der Waals surface area (Å²) in [6.45, 7) is 4.58. The summed E-state index contributed by atoms with van der Waals surface area (Å²) in [5, 5.41) is 4.68. The maximum Gasteiger partial charge on any atom is 0.0440 e. The zero-order valence-electron chi connectivity index (χ0n) is 12.2. The molecular weight excluding hydrogens is 254 g/mol. The number of unbranched alkanes of at least 4 members (excludes halogenated alkanes) is 2. The number of rotatable bonds is 7. The Balaban J connectivity index is 1.70. The quantitative estimate of drug-likeness (QED) is 0.681. The molecule has 0 spiro atoms. The van der Waals surface area contributed by atoms with Crippen LogP contribution in [0.5, 0.6) is 0 Å². The highest BCUT2D eigenvalue weighted by Gasteiger charge is 2.31. The first-order chi connectivity index (χ1) is 9.20. The summed E-state index contributed by atoms with van der Waals surface area (Å²) in [7, 11) is 0. The molecular formula is C17H26ClN. The van der Waals surface area contributed by atoms with E-state index in [2.05, 4.69) is 31.3 Å². The number of benzene rings is 1. The second-order valence-electron chi connectivity index (χ2n) is 5.95. The van der Waals surface area contributed by atoms with E-state index < -0.39 is 0 Å². The van der Waals surface area contributed by atoms with Gasteiger partial charge in [-0.15, -0.1) is 0 Å². The zero-order valence-corrected chi connectivity index (χ0v) is 12.9. The van der Waals surface area contributed by atoms with Crippen LogP contribution in [-0.2, 0) is 0 Å². The van der Waals surface area contributed by atoms with Crippen LogP contribution in [0.2, 0.25) is 5.02 Å². The minimum absolute atomic E-state index is 0.656. The van der Waals surface area contributed by atoms with Gasteiger partial charge in [-0.1, -0.05) is 56.0 Å². The van der Waals surface area contributed by atoms with E-state index in [9.17, 15) is 0 Å². The first-order valence-corrected chi connectivity index (χ1v) is 8.09. The van der Waals surface area contributed by atoms with Gasteiger partial charge in [0.05, 0.1) is 0 Å². The summed E-state index contributed by atoms with van der Waals surface area (Å²) in [6.07, 6.45) is 7.81. The summed E-state index contributed by atoms with van der Waals surface area (Å²) in [6, 6.07) is 9.63. The fourth-order valence-electron chi connectivity index (χ4n) is 3.00. The lowest BCUT2D eigenvalue weighted by molar-refractivity contribution is 0.263. The van der Waals surface area contributed by atoms with Crippen molar-refractivity contribution in [1.82, 2.24) is 5.32 Å². The molecule has 0 aliphatic heterocycles.